The minimum Gasteiger partial charge on any atom is -0.315 e. The number of benzene rings is 1. The van der Waals surface area contributed by atoms with Crippen LogP contribution in [0.1, 0.15) is 22.7 Å². The number of imidazole rings is 1. The fourth-order valence-corrected chi connectivity index (χ4v) is 2.24. The number of hydrogen-bond donors (Lipinski definition) is 1. The smallest absolute Gasteiger partial charge is 0.0994 e. The summed E-state index contributed by atoms with van der Waals surface area (Å²) in [5.41, 5.74) is 4.10. The van der Waals surface area contributed by atoms with Crippen LogP contribution >= 0.6 is 0 Å². The maximum absolute atomic E-state index is 9.00. The molecule has 3 rings (SSSR count). The maximum atomic E-state index is 9.00. The van der Waals surface area contributed by atoms with E-state index in [1.165, 1.54) is 5.69 Å². The first-order chi connectivity index (χ1) is 8.79. The normalized spacial score (nSPS) is 15.1. The molecule has 0 unspecified atom stereocenters. The van der Waals surface area contributed by atoms with Gasteiger partial charge in [-0.1, -0.05) is 6.07 Å². The van der Waals surface area contributed by atoms with Gasteiger partial charge in [0.25, 0.3) is 0 Å². The van der Waals surface area contributed by atoms with Crippen LogP contribution in [0.4, 0.5) is 0 Å². The van der Waals surface area contributed by atoms with Crippen LogP contribution in [-0.2, 0) is 0 Å². The first-order valence-corrected chi connectivity index (χ1v) is 6.03. The van der Waals surface area contributed by atoms with E-state index in [-0.39, 0.29) is 0 Å². The van der Waals surface area contributed by atoms with E-state index in [2.05, 4.69) is 27.9 Å². The maximum Gasteiger partial charge on any atom is 0.0994 e. The van der Waals surface area contributed by atoms with Crippen molar-refractivity contribution in [2.24, 2.45) is 0 Å². The van der Waals surface area contributed by atoms with E-state index < -0.39 is 0 Å². The molecule has 2 aromatic rings. The van der Waals surface area contributed by atoms with Crippen LogP contribution in [0.5, 0.6) is 0 Å². The monoisotopic (exact) mass is 238 g/mol. The highest BCUT2D eigenvalue weighted by Crippen LogP contribution is 2.24. The lowest BCUT2D eigenvalue weighted by atomic mass is 9.99. The molecule has 0 atom stereocenters. The Bertz CT molecular complexity index is 617. The predicted molar refractivity (Wildman–Crippen MR) is 68.6 cm³/mol. The number of aryl methyl sites for hydroxylation is 1. The number of hydrogen-bond acceptors (Lipinski definition) is 3. The Kier molecular flexibility index (Phi) is 2.62. The van der Waals surface area contributed by atoms with Crippen molar-refractivity contribution >= 4 is 0 Å². The van der Waals surface area contributed by atoms with Crippen molar-refractivity contribution in [1.29, 1.82) is 5.26 Å². The molecule has 1 fully saturated rings. The van der Waals surface area contributed by atoms with Crippen molar-refractivity contribution in [1.82, 2.24) is 14.9 Å². The largest absolute Gasteiger partial charge is 0.315 e. The fourth-order valence-electron chi connectivity index (χ4n) is 2.24. The van der Waals surface area contributed by atoms with E-state index in [1.807, 2.05) is 30.7 Å². The van der Waals surface area contributed by atoms with Crippen LogP contribution in [0.25, 0.3) is 5.69 Å². The average Bonchev–Trinajstić information content (AvgIpc) is 2.76. The van der Waals surface area contributed by atoms with E-state index in [1.54, 1.807) is 0 Å². The molecule has 2 heterocycles. The lowest BCUT2D eigenvalue weighted by molar-refractivity contribution is 0.435. The van der Waals surface area contributed by atoms with Gasteiger partial charge in [0.15, 0.2) is 0 Å². The van der Waals surface area contributed by atoms with Crippen LogP contribution < -0.4 is 5.32 Å². The second-order valence-corrected chi connectivity index (χ2v) is 4.66. The zero-order valence-corrected chi connectivity index (χ0v) is 10.2. The van der Waals surface area contributed by atoms with Gasteiger partial charge in [-0.2, -0.15) is 5.26 Å². The predicted octanol–water partition coefficient (Wildman–Crippen LogP) is 1.74. The number of rotatable bonds is 2. The summed E-state index contributed by atoms with van der Waals surface area (Å²) in [6.07, 6.45) is 3.75. The Morgan fingerprint density at radius 1 is 1.44 bits per heavy atom. The summed E-state index contributed by atoms with van der Waals surface area (Å²) in [6, 6.07) is 7.94. The standard InChI is InChI=1S/C14H14N4/c1-10-2-3-11(5-15)4-13(10)18-9-17-8-14(18)12-6-16-7-12/h2-4,8-9,12,16H,6-7H2,1H3. The third-order valence-electron chi connectivity index (χ3n) is 3.46. The van der Waals surface area contributed by atoms with Gasteiger partial charge < -0.3 is 9.88 Å². The molecule has 1 saturated heterocycles. The Morgan fingerprint density at radius 2 is 2.28 bits per heavy atom. The molecule has 0 spiro atoms. The Morgan fingerprint density at radius 3 is 2.94 bits per heavy atom. The highest BCUT2D eigenvalue weighted by molar-refractivity contribution is 5.48. The van der Waals surface area contributed by atoms with Crippen molar-refractivity contribution < 1.29 is 0 Å². The molecule has 1 aromatic heterocycles. The lowest BCUT2D eigenvalue weighted by Gasteiger charge is -2.28. The molecule has 4 heteroatoms. The molecule has 0 aliphatic carbocycles. The van der Waals surface area contributed by atoms with Crippen molar-refractivity contribution in [2.45, 2.75) is 12.8 Å². The first-order valence-electron chi connectivity index (χ1n) is 6.03. The van der Waals surface area contributed by atoms with Gasteiger partial charge in [-0.25, -0.2) is 4.98 Å². The molecule has 1 aromatic carbocycles. The van der Waals surface area contributed by atoms with Gasteiger partial charge in [-0.3, -0.25) is 0 Å². The highest BCUT2D eigenvalue weighted by Gasteiger charge is 2.23. The van der Waals surface area contributed by atoms with E-state index in [0.717, 1.165) is 24.3 Å². The molecule has 1 aliphatic heterocycles. The SMILES string of the molecule is Cc1ccc(C#N)cc1-n1cncc1C1CNC1. The molecule has 4 nitrogen and oxygen atoms in total. The number of nitrogens with one attached hydrogen (secondary N) is 1. The van der Waals surface area contributed by atoms with Crippen molar-refractivity contribution in [2.75, 3.05) is 13.1 Å². The van der Waals surface area contributed by atoms with Gasteiger partial charge in [-0.15, -0.1) is 0 Å². The van der Waals surface area contributed by atoms with Crippen LogP contribution in [0, 0.1) is 18.3 Å². The number of aromatic nitrogens is 2. The van der Waals surface area contributed by atoms with E-state index in [4.69, 9.17) is 5.26 Å². The zero-order valence-electron chi connectivity index (χ0n) is 10.2. The third kappa shape index (κ3) is 1.69. The lowest BCUT2D eigenvalue weighted by Crippen LogP contribution is -2.40. The van der Waals surface area contributed by atoms with Gasteiger partial charge in [-0.05, 0) is 24.6 Å². The van der Waals surface area contributed by atoms with Gasteiger partial charge in [0, 0.05) is 30.9 Å². The van der Waals surface area contributed by atoms with Gasteiger partial charge in [0.05, 0.1) is 23.6 Å². The molecular formula is C14H14N4. The zero-order chi connectivity index (χ0) is 12.5. The number of nitrogens with zero attached hydrogens (tertiary/aromatic N) is 3. The highest BCUT2D eigenvalue weighted by atomic mass is 15.1. The van der Waals surface area contributed by atoms with Gasteiger partial charge in [0.2, 0.25) is 0 Å². The molecule has 18 heavy (non-hydrogen) atoms. The van der Waals surface area contributed by atoms with E-state index >= 15 is 0 Å². The van der Waals surface area contributed by atoms with Gasteiger partial charge in [0.1, 0.15) is 0 Å². The Balaban J connectivity index is 2.09. The molecule has 0 amide bonds. The topological polar surface area (TPSA) is 53.6 Å². The Hall–Kier alpha value is -2.12. The second-order valence-electron chi connectivity index (χ2n) is 4.66. The first kappa shape index (κ1) is 11.0. The summed E-state index contributed by atoms with van der Waals surface area (Å²) in [6.45, 7) is 4.06. The Labute approximate surface area is 106 Å². The molecule has 0 radical (unpaired) electrons. The summed E-state index contributed by atoms with van der Waals surface area (Å²) in [5.74, 6) is 0.526. The van der Waals surface area contributed by atoms with E-state index in [9.17, 15) is 0 Å². The van der Waals surface area contributed by atoms with Crippen molar-refractivity contribution in [3.63, 3.8) is 0 Å². The second kappa shape index (κ2) is 4.28. The van der Waals surface area contributed by atoms with Crippen LogP contribution in [-0.4, -0.2) is 22.6 Å². The summed E-state index contributed by atoms with van der Waals surface area (Å²) in [4.78, 5) is 4.25. The van der Waals surface area contributed by atoms with Crippen molar-refractivity contribution in [3.05, 3.63) is 47.5 Å². The molecule has 0 saturated carbocycles. The molecular weight excluding hydrogens is 224 g/mol. The quantitative estimate of drug-likeness (QED) is 0.867. The number of nitriles is 1. The van der Waals surface area contributed by atoms with Crippen molar-refractivity contribution in [3.8, 4) is 11.8 Å². The van der Waals surface area contributed by atoms with Crippen LogP contribution in [0.15, 0.2) is 30.7 Å². The molecule has 1 aliphatic rings. The minimum absolute atomic E-state index is 0.526. The molecule has 1 N–H and O–H groups in total. The third-order valence-corrected chi connectivity index (χ3v) is 3.46. The summed E-state index contributed by atoms with van der Waals surface area (Å²) in [5, 5.41) is 12.3. The molecule has 0 bridgehead atoms. The molecule has 90 valence electrons. The minimum atomic E-state index is 0.526. The van der Waals surface area contributed by atoms with Gasteiger partial charge >= 0.3 is 0 Å². The summed E-state index contributed by atoms with van der Waals surface area (Å²) < 4.78 is 2.10. The van der Waals surface area contributed by atoms with E-state index in [0.29, 0.717) is 11.5 Å². The van der Waals surface area contributed by atoms with Crippen LogP contribution in [0.2, 0.25) is 0 Å². The van der Waals surface area contributed by atoms with Crippen LogP contribution in [0.3, 0.4) is 0 Å². The fraction of sp³-hybridized carbons (Fsp3) is 0.286. The average molecular weight is 238 g/mol. The summed E-state index contributed by atoms with van der Waals surface area (Å²) in [7, 11) is 0. The summed E-state index contributed by atoms with van der Waals surface area (Å²) >= 11 is 0.